The third kappa shape index (κ3) is 3.45. The van der Waals surface area contributed by atoms with Gasteiger partial charge in [-0.1, -0.05) is 30.0 Å². The highest BCUT2D eigenvalue weighted by atomic mass is 32.2. The molecular weight excluding hydrogens is 396 g/mol. The van der Waals surface area contributed by atoms with Gasteiger partial charge in [0, 0.05) is 26.4 Å². The number of carbonyl (C=O) groups is 1. The standard InChI is InChI=1S/C19H20N4O3S2/c1-11-5-3-7-23-16(11)21-15(20-10-12-6-4-8-26-12)13(17(23)24)9-14-18(25)22(2)19(27)28-14/h3,5,7,9,12,20H,4,6,8,10H2,1-2H3. The van der Waals surface area contributed by atoms with E-state index >= 15 is 0 Å². The second-order valence-corrected chi connectivity index (χ2v) is 8.50. The summed E-state index contributed by atoms with van der Waals surface area (Å²) in [6, 6.07) is 3.72. The summed E-state index contributed by atoms with van der Waals surface area (Å²) >= 11 is 6.38. The summed E-state index contributed by atoms with van der Waals surface area (Å²) in [4.78, 5) is 32.1. The summed E-state index contributed by atoms with van der Waals surface area (Å²) < 4.78 is 7.64. The van der Waals surface area contributed by atoms with Gasteiger partial charge in [-0.25, -0.2) is 4.98 Å². The van der Waals surface area contributed by atoms with Crippen LogP contribution in [0.1, 0.15) is 24.0 Å². The van der Waals surface area contributed by atoms with E-state index in [1.807, 2.05) is 13.0 Å². The molecule has 4 rings (SSSR count). The van der Waals surface area contributed by atoms with Gasteiger partial charge in [0.05, 0.1) is 16.6 Å². The van der Waals surface area contributed by atoms with Crippen LogP contribution >= 0.6 is 24.0 Å². The molecule has 1 unspecified atom stereocenters. The lowest BCUT2D eigenvalue weighted by atomic mass is 10.2. The van der Waals surface area contributed by atoms with Crippen LogP contribution in [0, 0.1) is 6.92 Å². The molecule has 2 aromatic heterocycles. The molecule has 0 spiro atoms. The molecule has 0 bridgehead atoms. The predicted octanol–water partition coefficient (Wildman–Crippen LogP) is 2.42. The molecule has 0 aromatic carbocycles. The number of fused-ring (bicyclic) bond motifs is 1. The maximum absolute atomic E-state index is 13.2. The number of rotatable bonds is 4. The molecule has 4 heterocycles. The van der Waals surface area contributed by atoms with E-state index in [2.05, 4.69) is 10.3 Å². The molecule has 2 saturated heterocycles. The van der Waals surface area contributed by atoms with Gasteiger partial charge in [-0.3, -0.25) is 18.9 Å². The van der Waals surface area contributed by atoms with E-state index < -0.39 is 0 Å². The van der Waals surface area contributed by atoms with Gasteiger partial charge in [-0.15, -0.1) is 0 Å². The average molecular weight is 417 g/mol. The van der Waals surface area contributed by atoms with Crippen molar-refractivity contribution < 1.29 is 9.53 Å². The largest absolute Gasteiger partial charge is 0.376 e. The zero-order chi connectivity index (χ0) is 19.8. The fraction of sp³-hybridized carbons (Fsp3) is 0.368. The van der Waals surface area contributed by atoms with Gasteiger partial charge < -0.3 is 10.1 Å². The Kier molecular flexibility index (Phi) is 5.22. The van der Waals surface area contributed by atoms with Crippen LogP contribution in [0.25, 0.3) is 11.7 Å². The van der Waals surface area contributed by atoms with E-state index in [1.54, 1.807) is 25.4 Å². The highest BCUT2D eigenvalue weighted by Gasteiger charge is 2.29. The lowest BCUT2D eigenvalue weighted by molar-refractivity contribution is -0.121. The van der Waals surface area contributed by atoms with Crippen molar-refractivity contribution in [2.45, 2.75) is 25.9 Å². The summed E-state index contributed by atoms with van der Waals surface area (Å²) in [5.74, 6) is 0.241. The summed E-state index contributed by atoms with van der Waals surface area (Å²) in [5.41, 5.74) is 1.59. The number of aromatic nitrogens is 2. The number of likely N-dealkylation sites (N-methyl/N-ethyl adjacent to an activating group) is 1. The smallest absolute Gasteiger partial charge is 0.267 e. The minimum Gasteiger partial charge on any atom is -0.376 e. The van der Waals surface area contributed by atoms with E-state index in [4.69, 9.17) is 17.0 Å². The number of hydrogen-bond acceptors (Lipinski definition) is 7. The van der Waals surface area contributed by atoms with Crippen LogP contribution in [0.3, 0.4) is 0 Å². The molecule has 1 N–H and O–H groups in total. The third-order valence-electron chi connectivity index (χ3n) is 4.87. The Hall–Kier alpha value is -2.23. The summed E-state index contributed by atoms with van der Waals surface area (Å²) in [7, 11) is 1.63. The maximum atomic E-state index is 13.2. The number of nitrogens with zero attached hydrogens (tertiary/aromatic N) is 3. The first-order chi connectivity index (χ1) is 13.5. The molecule has 28 heavy (non-hydrogen) atoms. The quantitative estimate of drug-likeness (QED) is 0.606. The number of aryl methyl sites for hydroxylation is 1. The highest BCUT2D eigenvalue weighted by molar-refractivity contribution is 8.26. The molecule has 7 nitrogen and oxygen atoms in total. The number of hydrogen-bond donors (Lipinski definition) is 1. The summed E-state index contributed by atoms with van der Waals surface area (Å²) in [6.45, 7) is 3.22. The van der Waals surface area contributed by atoms with E-state index in [9.17, 15) is 9.59 Å². The molecule has 1 atom stereocenters. The number of ether oxygens (including phenoxy) is 1. The van der Waals surface area contributed by atoms with Crippen molar-refractivity contribution in [2.75, 3.05) is 25.5 Å². The van der Waals surface area contributed by atoms with Crippen LogP contribution in [0.15, 0.2) is 28.0 Å². The number of carbonyl (C=O) groups excluding carboxylic acids is 1. The Bertz CT molecular complexity index is 1060. The maximum Gasteiger partial charge on any atom is 0.267 e. The van der Waals surface area contributed by atoms with Crippen LogP contribution in [0.4, 0.5) is 5.82 Å². The van der Waals surface area contributed by atoms with Crippen molar-refractivity contribution in [3.05, 3.63) is 44.7 Å². The monoisotopic (exact) mass is 416 g/mol. The average Bonchev–Trinajstić information content (AvgIpc) is 3.28. The first kappa shape index (κ1) is 19.1. The number of pyridine rings is 1. The highest BCUT2D eigenvalue weighted by Crippen LogP contribution is 2.32. The van der Waals surface area contributed by atoms with E-state index in [0.717, 1.165) is 25.0 Å². The summed E-state index contributed by atoms with van der Waals surface area (Å²) in [5, 5.41) is 3.27. The predicted molar refractivity (Wildman–Crippen MR) is 115 cm³/mol. The zero-order valence-corrected chi connectivity index (χ0v) is 17.2. The third-order valence-corrected chi connectivity index (χ3v) is 6.35. The second kappa shape index (κ2) is 7.65. The summed E-state index contributed by atoms with van der Waals surface area (Å²) in [6.07, 6.45) is 5.38. The van der Waals surface area contributed by atoms with Crippen molar-refractivity contribution in [2.24, 2.45) is 0 Å². The minimum absolute atomic E-state index is 0.0961. The Morgan fingerprint density at radius 1 is 1.46 bits per heavy atom. The van der Waals surface area contributed by atoms with Crippen LogP contribution in [-0.4, -0.2) is 50.8 Å². The molecule has 146 valence electrons. The van der Waals surface area contributed by atoms with Gasteiger partial charge in [0.25, 0.3) is 11.5 Å². The number of amides is 1. The number of thiocarbonyl (C=S) groups is 1. The molecule has 0 radical (unpaired) electrons. The van der Waals surface area contributed by atoms with Crippen LogP contribution in [0.5, 0.6) is 0 Å². The Morgan fingerprint density at radius 2 is 2.29 bits per heavy atom. The molecule has 2 aliphatic heterocycles. The van der Waals surface area contributed by atoms with Crippen molar-refractivity contribution in [3.63, 3.8) is 0 Å². The first-order valence-electron chi connectivity index (χ1n) is 9.04. The molecule has 0 saturated carbocycles. The van der Waals surface area contributed by atoms with E-state index in [1.165, 1.54) is 21.1 Å². The van der Waals surface area contributed by atoms with Crippen molar-refractivity contribution in [3.8, 4) is 0 Å². The lowest BCUT2D eigenvalue weighted by Crippen LogP contribution is -2.25. The van der Waals surface area contributed by atoms with Gasteiger partial charge in [0.2, 0.25) is 0 Å². The van der Waals surface area contributed by atoms with Crippen LogP contribution < -0.4 is 10.9 Å². The normalized spacial score (nSPS) is 21.3. The van der Waals surface area contributed by atoms with E-state index in [-0.39, 0.29) is 17.6 Å². The Labute approximate surface area is 171 Å². The fourth-order valence-corrected chi connectivity index (χ4v) is 4.43. The van der Waals surface area contributed by atoms with Crippen molar-refractivity contribution in [1.82, 2.24) is 14.3 Å². The number of anilines is 1. The topological polar surface area (TPSA) is 75.9 Å². The van der Waals surface area contributed by atoms with Gasteiger partial charge >= 0.3 is 0 Å². The van der Waals surface area contributed by atoms with E-state index in [0.29, 0.717) is 32.8 Å². The molecule has 2 fully saturated rings. The van der Waals surface area contributed by atoms with Crippen molar-refractivity contribution in [1.29, 1.82) is 0 Å². The first-order valence-corrected chi connectivity index (χ1v) is 10.3. The zero-order valence-electron chi connectivity index (χ0n) is 15.6. The van der Waals surface area contributed by atoms with Gasteiger partial charge in [-0.2, -0.15) is 0 Å². The molecular formula is C19H20N4O3S2. The molecule has 1 amide bonds. The molecule has 2 aliphatic rings. The number of nitrogens with one attached hydrogen (secondary N) is 1. The Balaban J connectivity index is 1.81. The SMILES string of the molecule is Cc1cccn2c(=O)c(C=C3SC(=S)N(C)C3=O)c(NCC3CCCO3)nc12. The lowest BCUT2D eigenvalue weighted by Gasteiger charge is -2.15. The fourth-order valence-electron chi connectivity index (χ4n) is 3.27. The van der Waals surface area contributed by atoms with Gasteiger partial charge in [0.1, 0.15) is 15.8 Å². The van der Waals surface area contributed by atoms with Crippen LogP contribution in [0.2, 0.25) is 0 Å². The number of thioether (sulfide) groups is 1. The van der Waals surface area contributed by atoms with Gasteiger partial charge in [0.15, 0.2) is 0 Å². The molecule has 9 heteroatoms. The Morgan fingerprint density at radius 3 is 2.96 bits per heavy atom. The minimum atomic E-state index is -0.232. The van der Waals surface area contributed by atoms with Crippen molar-refractivity contribution >= 4 is 51.7 Å². The van der Waals surface area contributed by atoms with Crippen LogP contribution in [-0.2, 0) is 9.53 Å². The molecule has 2 aromatic rings. The van der Waals surface area contributed by atoms with Gasteiger partial charge in [-0.05, 0) is 37.5 Å². The second-order valence-electron chi connectivity index (χ2n) is 6.82. The molecule has 0 aliphatic carbocycles.